The quantitative estimate of drug-likeness (QED) is 0.720. The van der Waals surface area contributed by atoms with Crippen LogP contribution in [0.1, 0.15) is 37.7 Å². The van der Waals surface area contributed by atoms with E-state index in [9.17, 15) is 9.59 Å². The van der Waals surface area contributed by atoms with E-state index >= 15 is 0 Å². The normalized spacial score (nSPS) is 14.6. The maximum absolute atomic E-state index is 12.0. The Hall–Kier alpha value is -2.76. The number of hydrogen-bond acceptors (Lipinski definition) is 3. The fourth-order valence-corrected chi connectivity index (χ4v) is 3.50. The molecule has 0 atom stereocenters. The standard InChI is InChI=1S/C22H29N3O3/c1-28-20-10-9-18-14-17(7-8-19(18)15-20)16-24-22(27)23-11-5-13-25-12-4-2-3-6-21(25)26/h7-10,14-15H,2-6,11-13,16H2,1H3,(H2,23,24,27). The third-order valence-electron chi connectivity index (χ3n) is 5.13. The molecule has 6 heteroatoms. The van der Waals surface area contributed by atoms with Gasteiger partial charge in [-0.3, -0.25) is 4.79 Å². The number of carbonyl (C=O) groups excluding carboxylic acids is 2. The van der Waals surface area contributed by atoms with Crippen LogP contribution in [0.5, 0.6) is 5.75 Å². The maximum atomic E-state index is 12.0. The number of carbonyl (C=O) groups is 2. The summed E-state index contributed by atoms with van der Waals surface area (Å²) in [6.45, 7) is 2.59. The number of ether oxygens (including phenoxy) is 1. The van der Waals surface area contributed by atoms with Crippen molar-refractivity contribution in [3.05, 3.63) is 42.0 Å². The summed E-state index contributed by atoms with van der Waals surface area (Å²) < 4.78 is 5.24. The van der Waals surface area contributed by atoms with Gasteiger partial charge in [0.1, 0.15) is 5.75 Å². The third-order valence-corrected chi connectivity index (χ3v) is 5.13. The summed E-state index contributed by atoms with van der Waals surface area (Å²) in [6.07, 6.45) is 4.64. The lowest BCUT2D eigenvalue weighted by atomic mass is 10.1. The van der Waals surface area contributed by atoms with E-state index in [4.69, 9.17) is 4.74 Å². The monoisotopic (exact) mass is 383 g/mol. The molecule has 28 heavy (non-hydrogen) atoms. The number of nitrogens with zero attached hydrogens (tertiary/aromatic N) is 1. The number of hydrogen-bond donors (Lipinski definition) is 2. The predicted octanol–water partition coefficient (Wildman–Crippen LogP) is 3.44. The molecule has 2 aromatic rings. The van der Waals surface area contributed by atoms with Gasteiger partial charge >= 0.3 is 6.03 Å². The van der Waals surface area contributed by atoms with Crippen LogP contribution in [-0.4, -0.2) is 43.6 Å². The van der Waals surface area contributed by atoms with Crippen molar-refractivity contribution in [2.45, 2.75) is 38.6 Å². The van der Waals surface area contributed by atoms with Gasteiger partial charge in [-0.2, -0.15) is 0 Å². The molecule has 0 bridgehead atoms. The molecule has 1 aliphatic heterocycles. The van der Waals surface area contributed by atoms with E-state index < -0.39 is 0 Å². The smallest absolute Gasteiger partial charge is 0.315 e. The summed E-state index contributed by atoms with van der Waals surface area (Å²) in [5.41, 5.74) is 1.04. The molecular weight excluding hydrogens is 354 g/mol. The second kappa shape index (κ2) is 9.97. The SMILES string of the molecule is COc1ccc2cc(CNC(=O)NCCCN3CCCCCC3=O)ccc2c1. The van der Waals surface area contributed by atoms with Crippen LogP contribution in [0, 0.1) is 0 Å². The first-order valence-corrected chi connectivity index (χ1v) is 10.0. The molecule has 2 N–H and O–H groups in total. The molecule has 0 radical (unpaired) electrons. The summed E-state index contributed by atoms with van der Waals surface area (Å²) in [6, 6.07) is 11.9. The average molecular weight is 383 g/mol. The van der Waals surface area contributed by atoms with E-state index in [-0.39, 0.29) is 11.9 Å². The third kappa shape index (κ3) is 5.62. The molecule has 1 heterocycles. The Bertz CT molecular complexity index is 822. The van der Waals surface area contributed by atoms with Crippen LogP contribution in [0.2, 0.25) is 0 Å². The Balaban J connectivity index is 1.39. The number of rotatable bonds is 7. The van der Waals surface area contributed by atoms with Gasteiger partial charge in [-0.1, -0.05) is 24.6 Å². The van der Waals surface area contributed by atoms with Crippen molar-refractivity contribution in [2.75, 3.05) is 26.7 Å². The number of likely N-dealkylation sites (tertiary alicyclic amines) is 1. The Kier molecular flexibility index (Phi) is 7.12. The second-order valence-corrected chi connectivity index (χ2v) is 7.20. The van der Waals surface area contributed by atoms with Crippen molar-refractivity contribution in [1.29, 1.82) is 0 Å². The minimum atomic E-state index is -0.183. The van der Waals surface area contributed by atoms with Gasteiger partial charge < -0.3 is 20.3 Å². The summed E-state index contributed by atoms with van der Waals surface area (Å²) in [5, 5.41) is 7.98. The highest BCUT2D eigenvalue weighted by atomic mass is 16.5. The Labute approximate surface area is 166 Å². The van der Waals surface area contributed by atoms with Gasteiger partial charge in [-0.25, -0.2) is 4.79 Å². The molecule has 0 saturated carbocycles. The van der Waals surface area contributed by atoms with Gasteiger partial charge in [0.2, 0.25) is 5.91 Å². The first kappa shape index (κ1) is 20.0. The Morgan fingerprint density at radius 2 is 1.89 bits per heavy atom. The second-order valence-electron chi connectivity index (χ2n) is 7.20. The van der Waals surface area contributed by atoms with Crippen LogP contribution in [0.25, 0.3) is 10.8 Å². The summed E-state index contributed by atoms with van der Waals surface area (Å²) in [4.78, 5) is 25.9. The molecule has 1 saturated heterocycles. The van der Waals surface area contributed by atoms with Gasteiger partial charge in [0, 0.05) is 32.6 Å². The van der Waals surface area contributed by atoms with Crippen molar-refractivity contribution in [1.82, 2.24) is 15.5 Å². The molecule has 0 aromatic heterocycles. The lowest BCUT2D eigenvalue weighted by Gasteiger charge is -2.20. The summed E-state index contributed by atoms with van der Waals surface area (Å²) >= 11 is 0. The number of benzene rings is 2. The Morgan fingerprint density at radius 1 is 1.07 bits per heavy atom. The lowest BCUT2D eigenvalue weighted by molar-refractivity contribution is -0.130. The van der Waals surface area contributed by atoms with Gasteiger partial charge in [-0.05, 0) is 53.8 Å². The molecule has 0 aliphatic carbocycles. The molecule has 3 rings (SSSR count). The summed E-state index contributed by atoms with van der Waals surface area (Å²) in [5.74, 6) is 1.08. The zero-order valence-corrected chi connectivity index (χ0v) is 16.5. The van der Waals surface area contributed by atoms with Crippen LogP contribution >= 0.6 is 0 Å². The van der Waals surface area contributed by atoms with E-state index in [1.807, 2.05) is 35.2 Å². The minimum Gasteiger partial charge on any atom is -0.497 e. The topological polar surface area (TPSA) is 70.7 Å². The first-order chi connectivity index (χ1) is 13.7. The maximum Gasteiger partial charge on any atom is 0.315 e. The number of nitrogens with one attached hydrogen (secondary N) is 2. The van der Waals surface area contributed by atoms with E-state index in [1.165, 1.54) is 0 Å². The van der Waals surface area contributed by atoms with Gasteiger partial charge in [0.15, 0.2) is 0 Å². The molecule has 150 valence electrons. The van der Waals surface area contributed by atoms with Crippen LogP contribution in [0.15, 0.2) is 36.4 Å². The van der Waals surface area contributed by atoms with E-state index in [1.54, 1.807) is 7.11 Å². The van der Waals surface area contributed by atoms with Crippen LogP contribution in [-0.2, 0) is 11.3 Å². The fourth-order valence-electron chi connectivity index (χ4n) is 3.50. The molecular formula is C22H29N3O3. The van der Waals surface area contributed by atoms with Crippen molar-refractivity contribution in [2.24, 2.45) is 0 Å². The number of amides is 3. The van der Waals surface area contributed by atoms with Crippen molar-refractivity contribution >= 4 is 22.7 Å². The van der Waals surface area contributed by atoms with Gasteiger partial charge in [0.05, 0.1) is 7.11 Å². The largest absolute Gasteiger partial charge is 0.497 e. The van der Waals surface area contributed by atoms with Crippen molar-refractivity contribution in [3.63, 3.8) is 0 Å². The predicted molar refractivity (Wildman–Crippen MR) is 110 cm³/mol. The zero-order valence-electron chi connectivity index (χ0n) is 16.5. The molecule has 0 unspecified atom stereocenters. The highest BCUT2D eigenvalue weighted by molar-refractivity contribution is 5.84. The van der Waals surface area contributed by atoms with Crippen molar-refractivity contribution in [3.8, 4) is 5.75 Å². The first-order valence-electron chi connectivity index (χ1n) is 10.0. The number of fused-ring (bicyclic) bond motifs is 1. The van der Waals surface area contributed by atoms with Crippen LogP contribution in [0.4, 0.5) is 4.79 Å². The van der Waals surface area contributed by atoms with E-state index in [0.717, 1.165) is 54.3 Å². The highest BCUT2D eigenvalue weighted by Gasteiger charge is 2.15. The number of methoxy groups -OCH3 is 1. The van der Waals surface area contributed by atoms with Gasteiger partial charge in [-0.15, -0.1) is 0 Å². The lowest BCUT2D eigenvalue weighted by Crippen LogP contribution is -2.38. The molecule has 6 nitrogen and oxygen atoms in total. The van der Waals surface area contributed by atoms with Crippen LogP contribution in [0.3, 0.4) is 0 Å². The molecule has 1 aliphatic rings. The van der Waals surface area contributed by atoms with E-state index in [2.05, 4.69) is 16.7 Å². The number of urea groups is 1. The zero-order chi connectivity index (χ0) is 19.8. The summed E-state index contributed by atoms with van der Waals surface area (Å²) in [7, 11) is 1.66. The average Bonchev–Trinajstić information content (AvgIpc) is 2.93. The van der Waals surface area contributed by atoms with E-state index in [0.29, 0.717) is 26.1 Å². The fraction of sp³-hybridized carbons (Fsp3) is 0.455. The molecule has 0 spiro atoms. The molecule has 1 fully saturated rings. The van der Waals surface area contributed by atoms with Crippen molar-refractivity contribution < 1.29 is 14.3 Å². The minimum absolute atomic E-state index is 0.183. The molecule has 3 amide bonds. The Morgan fingerprint density at radius 3 is 2.75 bits per heavy atom. The van der Waals surface area contributed by atoms with Crippen LogP contribution < -0.4 is 15.4 Å². The highest BCUT2D eigenvalue weighted by Crippen LogP contribution is 2.21. The van der Waals surface area contributed by atoms with Gasteiger partial charge in [0.25, 0.3) is 0 Å². The molecule has 2 aromatic carbocycles.